The monoisotopic (exact) mass is 753 g/mol. The van der Waals surface area contributed by atoms with Gasteiger partial charge in [-0.3, -0.25) is 0 Å². The molecule has 11 rings (SSSR count). The van der Waals surface area contributed by atoms with Crippen molar-refractivity contribution in [3.8, 4) is 44.5 Å². The molecule has 0 amide bonds. The van der Waals surface area contributed by atoms with E-state index in [-0.39, 0.29) is 5.41 Å². The molecule has 0 bridgehead atoms. The molecule has 0 atom stereocenters. The molecule has 0 aromatic heterocycles. The smallest absolute Gasteiger partial charge is 0.0713 e. The standard InChI is InChI=1S/C58H43N/c1-57(2)51-20-12-22-53-55(51)56-52(57)21-13-23-54(56)58(53,46-18-10-5-11-19-46)47-32-24-42(25-33-47)45-30-38-50(39-31-45)59(48-34-26-43(27-35-48)40-14-6-3-7-15-40)49-36-28-44(29-37-49)41-16-8-4-9-17-41/h3-39H,1-2H3. The fourth-order valence-corrected chi connectivity index (χ4v) is 10.1. The summed E-state index contributed by atoms with van der Waals surface area (Å²) in [5, 5.41) is 0. The van der Waals surface area contributed by atoms with Crippen molar-refractivity contribution in [3.05, 3.63) is 258 Å². The van der Waals surface area contributed by atoms with E-state index in [1.165, 1.54) is 77.9 Å². The number of anilines is 3. The molecule has 0 aliphatic heterocycles. The molecule has 1 nitrogen and oxygen atoms in total. The lowest BCUT2D eigenvalue weighted by Gasteiger charge is -2.36. The van der Waals surface area contributed by atoms with Gasteiger partial charge in [0.05, 0.1) is 5.41 Å². The zero-order valence-electron chi connectivity index (χ0n) is 33.3. The van der Waals surface area contributed by atoms with E-state index < -0.39 is 5.41 Å². The molecule has 2 aliphatic carbocycles. The minimum atomic E-state index is -0.399. The van der Waals surface area contributed by atoms with E-state index in [4.69, 9.17) is 0 Å². The summed E-state index contributed by atoms with van der Waals surface area (Å²) in [5.74, 6) is 0. The van der Waals surface area contributed by atoms with E-state index in [1.54, 1.807) is 0 Å². The molecule has 9 aromatic rings. The Kier molecular flexibility index (Phi) is 8.13. The average Bonchev–Trinajstić information content (AvgIpc) is 3.75. The van der Waals surface area contributed by atoms with Gasteiger partial charge in [-0.15, -0.1) is 0 Å². The predicted octanol–water partition coefficient (Wildman–Crippen LogP) is 15.2. The van der Waals surface area contributed by atoms with Gasteiger partial charge in [0.1, 0.15) is 0 Å². The Morgan fingerprint density at radius 1 is 0.271 bits per heavy atom. The first kappa shape index (κ1) is 35.0. The van der Waals surface area contributed by atoms with Gasteiger partial charge in [0.15, 0.2) is 0 Å². The second-order valence-electron chi connectivity index (χ2n) is 16.5. The SMILES string of the molecule is CC1(C)c2cccc3c2-c2c1cccc2C3(c1ccccc1)c1ccc(-c2ccc(N(c3ccc(-c4ccccc4)cc3)c3ccc(-c4ccccc4)cc3)cc2)cc1. The minimum absolute atomic E-state index is 0.0254. The Morgan fingerprint density at radius 3 is 0.966 bits per heavy atom. The van der Waals surface area contributed by atoms with Gasteiger partial charge in [-0.25, -0.2) is 0 Å². The lowest BCUT2D eigenvalue weighted by Crippen LogP contribution is -2.30. The van der Waals surface area contributed by atoms with Crippen molar-refractivity contribution in [2.24, 2.45) is 0 Å². The molecule has 0 fully saturated rings. The Hall–Kier alpha value is -7.22. The van der Waals surface area contributed by atoms with Gasteiger partial charge in [0.2, 0.25) is 0 Å². The van der Waals surface area contributed by atoms with Crippen LogP contribution in [0, 0.1) is 0 Å². The van der Waals surface area contributed by atoms with Crippen LogP contribution in [-0.2, 0) is 10.8 Å². The zero-order chi connectivity index (χ0) is 39.6. The molecule has 0 N–H and O–H groups in total. The number of hydrogen-bond acceptors (Lipinski definition) is 1. The van der Waals surface area contributed by atoms with Crippen molar-refractivity contribution in [1.82, 2.24) is 0 Å². The van der Waals surface area contributed by atoms with E-state index in [0.717, 1.165) is 17.1 Å². The highest BCUT2D eigenvalue weighted by Gasteiger charge is 2.52. The first-order valence-corrected chi connectivity index (χ1v) is 20.7. The van der Waals surface area contributed by atoms with Gasteiger partial charge < -0.3 is 4.90 Å². The molecule has 0 saturated heterocycles. The van der Waals surface area contributed by atoms with Gasteiger partial charge in [-0.1, -0.05) is 202 Å². The molecular weight excluding hydrogens is 711 g/mol. The summed E-state index contributed by atoms with van der Waals surface area (Å²) in [6.45, 7) is 4.76. The van der Waals surface area contributed by atoms with Crippen LogP contribution in [0.2, 0.25) is 0 Å². The third kappa shape index (κ3) is 5.46. The maximum Gasteiger partial charge on any atom is 0.0713 e. The van der Waals surface area contributed by atoms with Crippen molar-refractivity contribution in [2.75, 3.05) is 4.90 Å². The predicted molar refractivity (Wildman–Crippen MR) is 247 cm³/mol. The number of benzene rings is 9. The fourth-order valence-electron chi connectivity index (χ4n) is 10.1. The molecule has 0 radical (unpaired) electrons. The normalized spacial score (nSPS) is 13.9. The van der Waals surface area contributed by atoms with Crippen LogP contribution < -0.4 is 4.90 Å². The molecule has 0 saturated carbocycles. The van der Waals surface area contributed by atoms with Crippen molar-refractivity contribution < 1.29 is 0 Å². The van der Waals surface area contributed by atoms with E-state index in [9.17, 15) is 0 Å². The highest BCUT2D eigenvalue weighted by atomic mass is 15.1. The van der Waals surface area contributed by atoms with E-state index in [2.05, 4.69) is 243 Å². The molecule has 280 valence electrons. The van der Waals surface area contributed by atoms with Crippen LogP contribution in [0.25, 0.3) is 44.5 Å². The lowest BCUT2D eigenvalue weighted by molar-refractivity contribution is 0.652. The van der Waals surface area contributed by atoms with Crippen LogP contribution in [0.3, 0.4) is 0 Å². The summed E-state index contributed by atoms with van der Waals surface area (Å²) >= 11 is 0. The van der Waals surface area contributed by atoms with E-state index in [1.807, 2.05) is 0 Å². The average molecular weight is 754 g/mol. The largest absolute Gasteiger partial charge is 0.311 e. The highest BCUT2D eigenvalue weighted by molar-refractivity contribution is 5.95. The van der Waals surface area contributed by atoms with Crippen LogP contribution in [0.5, 0.6) is 0 Å². The summed E-state index contributed by atoms with van der Waals surface area (Å²) in [7, 11) is 0. The second kappa shape index (κ2) is 13.7. The first-order valence-electron chi connectivity index (χ1n) is 20.7. The molecule has 0 unspecified atom stereocenters. The molecule has 0 heterocycles. The van der Waals surface area contributed by atoms with E-state index in [0.29, 0.717) is 0 Å². The van der Waals surface area contributed by atoms with Crippen molar-refractivity contribution >= 4 is 17.1 Å². The minimum Gasteiger partial charge on any atom is -0.311 e. The Bertz CT molecular complexity index is 2810. The summed E-state index contributed by atoms with van der Waals surface area (Å²) < 4.78 is 0. The van der Waals surface area contributed by atoms with Gasteiger partial charge >= 0.3 is 0 Å². The zero-order valence-corrected chi connectivity index (χ0v) is 33.3. The topological polar surface area (TPSA) is 3.24 Å². The van der Waals surface area contributed by atoms with Crippen molar-refractivity contribution in [3.63, 3.8) is 0 Å². The third-order valence-corrected chi connectivity index (χ3v) is 13.0. The Balaban J connectivity index is 0.970. The summed E-state index contributed by atoms with van der Waals surface area (Å²) in [5.41, 5.74) is 21.2. The molecule has 9 aromatic carbocycles. The fraction of sp³-hybridized carbons (Fsp3) is 0.0690. The van der Waals surface area contributed by atoms with Crippen LogP contribution in [-0.4, -0.2) is 0 Å². The maximum atomic E-state index is 2.38. The lowest BCUT2D eigenvalue weighted by atomic mass is 9.65. The quantitative estimate of drug-likeness (QED) is 0.149. The van der Waals surface area contributed by atoms with Crippen LogP contribution >= 0.6 is 0 Å². The molecule has 1 heteroatoms. The highest BCUT2D eigenvalue weighted by Crippen LogP contribution is 2.64. The third-order valence-electron chi connectivity index (χ3n) is 13.0. The van der Waals surface area contributed by atoms with Crippen LogP contribution in [0.4, 0.5) is 17.1 Å². The van der Waals surface area contributed by atoms with Gasteiger partial charge in [-0.2, -0.15) is 0 Å². The number of nitrogens with zero attached hydrogens (tertiary/aromatic N) is 1. The van der Waals surface area contributed by atoms with Crippen molar-refractivity contribution in [2.45, 2.75) is 24.7 Å². The Labute approximate surface area is 347 Å². The molecule has 59 heavy (non-hydrogen) atoms. The molecule has 0 spiro atoms. The maximum absolute atomic E-state index is 2.38. The van der Waals surface area contributed by atoms with Crippen molar-refractivity contribution in [1.29, 1.82) is 0 Å². The van der Waals surface area contributed by atoms with Gasteiger partial charge in [0, 0.05) is 22.5 Å². The number of hydrogen-bond donors (Lipinski definition) is 0. The summed E-state index contributed by atoms with van der Waals surface area (Å²) in [4.78, 5) is 2.35. The molecule has 2 aliphatic rings. The van der Waals surface area contributed by atoms with Gasteiger partial charge in [-0.05, 0) is 114 Å². The molecular formula is C58H43N. The van der Waals surface area contributed by atoms with Crippen LogP contribution in [0.1, 0.15) is 47.2 Å². The number of rotatable bonds is 8. The first-order chi connectivity index (χ1) is 29.0. The Morgan fingerprint density at radius 2 is 0.576 bits per heavy atom. The summed E-state index contributed by atoms with van der Waals surface area (Å²) in [6.07, 6.45) is 0. The van der Waals surface area contributed by atoms with Crippen LogP contribution in [0.15, 0.2) is 224 Å². The second-order valence-corrected chi connectivity index (χ2v) is 16.5. The summed E-state index contributed by atoms with van der Waals surface area (Å²) in [6, 6.07) is 82.5. The van der Waals surface area contributed by atoms with E-state index >= 15 is 0 Å². The van der Waals surface area contributed by atoms with Gasteiger partial charge in [0.25, 0.3) is 0 Å².